The lowest BCUT2D eigenvalue weighted by Crippen LogP contribution is -2.15. The van der Waals surface area contributed by atoms with Crippen LogP contribution in [-0.2, 0) is 4.74 Å². The molecule has 1 aromatic rings. The van der Waals surface area contributed by atoms with Gasteiger partial charge in [0.15, 0.2) is 0 Å². The number of ether oxygens (including phenoxy) is 1. The summed E-state index contributed by atoms with van der Waals surface area (Å²) in [7, 11) is 1.67. The lowest BCUT2D eigenvalue weighted by molar-refractivity contribution is 0.181. The summed E-state index contributed by atoms with van der Waals surface area (Å²) in [4.78, 5) is 1.29. The molecule has 0 aliphatic heterocycles. The number of methoxy groups -OCH3 is 1. The molecule has 0 radical (unpaired) electrons. The Morgan fingerprint density at radius 3 is 2.40 bits per heavy atom. The van der Waals surface area contributed by atoms with E-state index in [-0.39, 0.29) is 18.4 Å². The lowest BCUT2D eigenvalue weighted by atomic mass is 10.1. The van der Waals surface area contributed by atoms with Crippen molar-refractivity contribution >= 4 is 24.2 Å². The first-order valence-electron chi connectivity index (χ1n) is 4.75. The van der Waals surface area contributed by atoms with Crippen LogP contribution in [-0.4, -0.2) is 19.5 Å². The Morgan fingerprint density at radius 1 is 1.33 bits per heavy atom. The molecule has 1 rings (SSSR count). The van der Waals surface area contributed by atoms with Gasteiger partial charge in [0.25, 0.3) is 0 Å². The molecule has 1 aromatic carbocycles. The summed E-state index contributed by atoms with van der Waals surface area (Å²) < 4.78 is 5.01. The molecule has 2 N–H and O–H groups in total. The average Bonchev–Trinajstić information content (AvgIpc) is 2.20. The highest BCUT2D eigenvalue weighted by molar-refractivity contribution is 7.99. The van der Waals surface area contributed by atoms with Crippen molar-refractivity contribution in [3.8, 4) is 0 Å². The molecular formula is C11H18ClNOS. The second kappa shape index (κ2) is 7.99. The summed E-state index contributed by atoms with van der Waals surface area (Å²) in [6, 6.07) is 8.35. The van der Waals surface area contributed by atoms with E-state index in [0.717, 1.165) is 11.3 Å². The molecule has 1 unspecified atom stereocenters. The summed E-state index contributed by atoms with van der Waals surface area (Å²) in [5.74, 6) is 1.10. The first kappa shape index (κ1) is 14.8. The van der Waals surface area contributed by atoms with Gasteiger partial charge in [-0.15, -0.1) is 24.2 Å². The van der Waals surface area contributed by atoms with Crippen molar-refractivity contribution in [3.63, 3.8) is 0 Å². The first-order valence-corrected chi connectivity index (χ1v) is 5.73. The molecule has 0 bridgehead atoms. The second-order valence-corrected chi connectivity index (χ2v) is 4.40. The predicted octanol–water partition coefficient (Wildman–Crippen LogP) is 2.87. The molecule has 4 heteroatoms. The van der Waals surface area contributed by atoms with Crippen LogP contribution in [0, 0.1) is 0 Å². The van der Waals surface area contributed by atoms with Crippen LogP contribution in [0.1, 0.15) is 18.5 Å². The molecule has 0 aliphatic carbocycles. The van der Waals surface area contributed by atoms with Gasteiger partial charge in [0, 0.05) is 12.0 Å². The molecule has 0 amide bonds. The standard InChI is InChI=1S/C11H17NOS.ClH/c1-3-14-10-6-4-9(5-7-10)11(12)8-13-2;/h4-7,11H,3,8,12H2,1-2H3;1H. The maximum absolute atomic E-state index is 5.90. The Bertz CT molecular complexity index is 266. The van der Waals surface area contributed by atoms with Gasteiger partial charge in [-0.2, -0.15) is 0 Å². The normalized spacial score (nSPS) is 11.9. The fraction of sp³-hybridized carbons (Fsp3) is 0.455. The minimum absolute atomic E-state index is 0. The van der Waals surface area contributed by atoms with Gasteiger partial charge in [0.05, 0.1) is 12.6 Å². The number of benzene rings is 1. The van der Waals surface area contributed by atoms with Gasteiger partial charge in [-0.3, -0.25) is 0 Å². The molecule has 0 aliphatic rings. The molecule has 86 valence electrons. The Labute approximate surface area is 102 Å². The summed E-state index contributed by atoms with van der Waals surface area (Å²) in [5.41, 5.74) is 7.03. The minimum Gasteiger partial charge on any atom is -0.383 e. The van der Waals surface area contributed by atoms with Crippen molar-refractivity contribution in [2.75, 3.05) is 19.5 Å². The van der Waals surface area contributed by atoms with E-state index >= 15 is 0 Å². The second-order valence-electron chi connectivity index (χ2n) is 3.06. The van der Waals surface area contributed by atoms with Crippen molar-refractivity contribution in [2.45, 2.75) is 17.9 Å². The van der Waals surface area contributed by atoms with Gasteiger partial charge in [-0.05, 0) is 23.4 Å². The van der Waals surface area contributed by atoms with E-state index in [0.29, 0.717) is 6.61 Å². The van der Waals surface area contributed by atoms with E-state index in [1.165, 1.54) is 4.90 Å². The molecule has 0 saturated heterocycles. The zero-order valence-electron chi connectivity index (χ0n) is 9.10. The van der Waals surface area contributed by atoms with E-state index in [4.69, 9.17) is 10.5 Å². The average molecular weight is 248 g/mol. The van der Waals surface area contributed by atoms with Crippen LogP contribution in [0.2, 0.25) is 0 Å². The molecule has 2 nitrogen and oxygen atoms in total. The molecule has 1 atom stereocenters. The van der Waals surface area contributed by atoms with Gasteiger partial charge in [-0.25, -0.2) is 0 Å². The quantitative estimate of drug-likeness (QED) is 0.813. The van der Waals surface area contributed by atoms with Crippen molar-refractivity contribution < 1.29 is 4.74 Å². The molecule has 15 heavy (non-hydrogen) atoms. The summed E-state index contributed by atoms with van der Waals surface area (Å²) in [6.45, 7) is 2.72. The van der Waals surface area contributed by atoms with Crippen LogP contribution in [0.15, 0.2) is 29.2 Å². The van der Waals surface area contributed by atoms with E-state index in [9.17, 15) is 0 Å². The van der Waals surface area contributed by atoms with Gasteiger partial charge in [0.1, 0.15) is 0 Å². The Kier molecular flexibility index (Phi) is 7.88. The third-order valence-electron chi connectivity index (χ3n) is 1.97. The minimum atomic E-state index is -0.0133. The summed E-state index contributed by atoms with van der Waals surface area (Å²) in [6.07, 6.45) is 0. The van der Waals surface area contributed by atoms with E-state index in [1.54, 1.807) is 7.11 Å². The number of hydrogen-bond acceptors (Lipinski definition) is 3. The Morgan fingerprint density at radius 2 is 1.93 bits per heavy atom. The molecule has 0 spiro atoms. The third-order valence-corrected chi connectivity index (χ3v) is 2.86. The molecule has 0 aromatic heterocycles. The zero-order valence-corrected chi connectivity index (χ0v) is 10.7. The van der Waals surface area contributed by atoms with Gasteiger partial charge in [-0.1, -0.05) is 19.1 Å². The van der Waals surface area contributed by atoms with Crippen LogP contribution in [0.25, 0.3) is 0 Å². The van der Waals surface area contributed by atoms with Crippen molar-refractivity contribution in [1.29, 1.82) is 0 Å². The fourth-order valence-corrected chi connectivity index (χ4v) is 1.92. The predicted molar refractivity (Wildman–Crippen MR) is 68.9 cm³/mol. The molecular weight excluding hydrogens is 230 g/mol. The van der Waals surface area contributed by atoms with E-state index < -0.39 is 0 Å². The number of hydrogen-bond donors (Lipinski definition) is 1. The molecule has 0 saturated carbocycles. The van der Waals surface area contributed by atoms with Gasteiger partial charge in [0.2, 0.25) is 0 Å². The highest BCUT2D eigenvalue weighted by atomic mass is 35.5. The lowest BCUT2D eigenvalue weighted by Gasteiger charge is -2.10. The topological polar surface area (TPSA) is 35.2 Å². The van der Waals surface area contributed by atoms with Crippen LogP contribution in [0.5, 0.6) is 0 Å². The number of rotatable bonds is 5. The fourth-order valence-electron chi connectivity index (χ4n) is 1.25. The van der Waals surface area contributed by atoms with Crippen LogP contribution < -0.4 is 5.73 Å². The number of halogens is 1. The third kappa shape index (κ3) is 4.89. The number of thioether (sulfide) groups is 1. The first-order chi connectivity index (χ1) is 6.77. The van der Waals surface area contributed by atoms with E-state index in [1.807, 2.05) is 11.8 Å². The van der Waals surface area contributed by atoms with Crippen molar-refractivity contribution in [1.82, 2.24) is 0 Å². The maximum Gasteiger partial charge on any atom is 0.0655 e. The molecule has 0 heterocycles. The van der Waals surface area contributed by atoms with Crippen molar-refractivity contribution in [2.24, 2.45) is 5.73 Å². The van der Waals surface area contributed by atoms with Crippen LogP contribution in [0.4, 0.5) is 0 Å². The monoisotopic (exact) mass is 247 g/mol. The van der Waals surface area contributed by atoms with E-state index in [2.05, 4.69) is 31.2 Å². The Hall–Kier alpha value is -0.220. The Balaban J connectivity index is 0.00000196. The largest absolute Gasteiger partial charge is 0.383 e. The summed E-state index contributed by atoms with van der Waals surface area (Å²) in [5, 5.41) is 0. The van der Waals surface area contributed by atoms with Crippen LogP contribution >= 0.6 is 24.2 Å². The van der Waals surface area contributed by atoms with Crippen molar-refractivity contribution in [3.05, 3.63) is 29.8 Å². The van der Waals surface area contributed by atoms with Gasteiger partial charge >= 0.3 is 0 Å². The zero-order chi connectivity index (χ0) is 10.4. The smallest absolute Gasteiger partial charge is 0.0655 e. The highest BCUT2D eigenvalue weighted by Crippen LogP contribution is 2.19. The number of nitrogens with two attached hydrogens (primary N) is 1. The van der Waals surface area contributed by atoms with Gasteiger partial charge < -0.3 is 10.5 Å². The summed E-state index contributed by atoms with van der Waals surface area (Å²) >= 11 is 1.84. The SMILES string of the molecule is CCSc1ccc(C(N)COC)cc1.Cl. The maximum atomic E-state index is 5.90. The molecule has 0 fully saturated rings. The van der Waals surface area contributed by atoms with Crippen LogP contribution in [0.3, 0.4) is 0 Å². The highest BCUT2D eigenvalue weighted by Gasteiger charge is 2.04.